The molecule has 1 saturated carbocycles. The lowest BCUT2D eigenvalue weighted by molar-refractivity contribution is -0.162. The van der Waals surface area contributed by atoms with Gasteiger partial charge in [0.25, 0.3) is 0 Å². The highest BCUT2D eigenvalue weighted by atomic mass is 32.2. The van der Waals surface area contributed by atoms with Crippen LogP contribution < -0.4 is 5.32 Å². The van der Waals surface area contributed by atoms with Crippen molar-refractivity contribution in [2.24, 2.45) is 5.41 Å². The van der Waals surface area contributed by atoms with Crippen LogP contribution in [0.25, 0.3) is 0 Å². The van der Waals surface area contributed by atoms with Crippen molar-refractivity contribution in [2.75, 3.05) is 11.5 Å². The second-order valence-corrected chi connectivity index (χ2v) is 5.42. The molecule has 84 valence electrons. The van der Waals surface area contributed by atoms with Gasteiger partial charge in [-0.25, -0.2) is 0 Å². The summed E-state index contributed by atoms with van der Waals surface area (Å²) in [5.74, 6) is 0.748. The van der Waals surface area contributed by atoms with Gasteiger partial charge in [0.1, 0.15) is 5.41 Å². The minimum atomic E-state index is -1.10. The highest BCUT2D eigenvalue weighted by Crippen LogP contribution is 2.41. The van der Waals surface area contributed by atoms with E-state index in [0.29, 0.717) is 12.8 Å². The third kappa shape index (κ3) is 1.85. The van der Waals surface area contributed by atoms with Crippen molar-refractivity contribution in [3.05, 3.63) is 0 Å². The summed E-state index contributed by atoms with van der Waals surface area (Å²) >= 11 is 1.81. The average Bonchev–Trinajstić information content (AvgIpc) is 2.53. The topological polar surface area (TPSA) is 66.4 Å². The molecular formula is C10H15NO3S. The van der Waals surface area contributed by atoms with Gasteiger partial charge in [0, 0.05) is 11.8 Å². The maximum Gasteiger partial charge on any atom is 0.319 e. The maximum absolute atomic E-state index is 11.8. The molecule has 2 fully saturated rings. The molecule has 1 heterocycles. The summed E-state index contributed by atoms with van der Waals surface area (Å²) < 4.78 is 0. The van der Waals surface area contributed by atoms with Crippen LogP contribution in [-0.4, -0.2) is 34.5 Å². The van der Waals surface area contributed by atoms with Crippen LogP contribution in [0.3, 0.4) is 0 Å². The Morgan fingerprint density at radius 2 is 2.13 bits per heavy atom. The largest absolute Gasteiger partial charge is 0.480 e. The molecule has 2 aliphatic rings. The highest BCUT2D eigenvalue weighted by molar-refractivity contribution is 7.99. The SMILES string of the molecule is O=C(O)C1(C(=O)NC2CCSC2)CCC1. The number of hydrogen-bond donors (Lipinski definition) is 2. The number of carbonyl (C=O) groups is 2. The van der Waals surface area contributed by atoms with E-state index in [0.717, 1.165) is 24.3 Å². The Hall–Kier alpha value is -0.710. The first kappa shape index (κ1) is 10.8. The van der Waals surface area contributed by atoms with E-state index < -0.39 is 11.4 Å². The number of rotatable bonds is 3. The zero-order valence-electron chi connectivity index (χ0n) is 8.49. The number of carbonyl (C=O) groups excluding carboxylic acids is 1. The monoisotopic (exact) mass is 229 g/mol. The summed E-state index contributed by atoms with van der Waals surface area (Å²) in [4.78, 5) is 22.9. The molecule has 1 aliphatic carbocycles. The predicted octanol–water partition coefficient (Wildman–Crippen LogP) is 0.863. The van der Waals surface area contributed by atoms with Crippen molar-refractivity contribution in [3.63, 3.8) is 0 Å². The molecule has 4 nitrogen and oxygen atoms in total. The van der Waals surface area contributed by atoms with Gasteiger partial charge in [-0.1, -0.05) is 6.42 Å². The van der Waals surface area contributed by atoms with Crippen LogP contribution in [0, 0.1) is 5.41 Å². The lowest BCUT2D eigenvalue weighted by atomic mass is 9.68. The lowest BCUT2D eigenvalue weighted by Crippen LogP contribution is -2.53. The molecule has 0 bridgehead atoms. The zero-order valence-corrected chi connectivity index (χ0v) is 9.31. The normalized spacial score (nSPS) is 28.1. The van der Waals surface area contributed by atoms with Crippen molar-refractivity contribution >= 4 is 23.6 Å². The van der Waals surface area contributed by atoms with Crippen LogP contribution in [0.4, 0.5) is 0 Å². The van der Waals surface area contributed by atoms with Gasteiger partial charge in [0.15, 0.2) is 0 Å². The Labute approximate surface area is 92.8 Å². The summed E-state index contributed by atoms with van der Waals surface area (Å²) in [7, 11) is 0. The van der Waals surface area contributed by atoms with Crippen LogP contribution in [-0.2, 0) is 9.59 Å². The van der Waals surface area contributed by atoms with Gasteiger partial charge in [-0.15, -0.1) is 0 Å². The predicted molar refractivity (Wildman–Crippen MR) is 57.8 cm³/mol. The minimum Gasteiger partial charge on any atom is -0.480 e. The Balaban J connectivity index is 1.96. The molecule has 2 N–H and O–H groups in total. The molecule has 1 amide bonds. The number of aliphatic carboxylic acids is 1. The number of nitrogens with one attached hydrogen (secondary N) is 1. The summed E-state index contributed by atoms with van der Waals surface area (Å²) in [6.07, 6.45) is 2.80. The number of amides is 1. The van der Waals surface area contributed by atoms with Crippen LogP contribution >= 0.6 is 11.8 Å². The molecular weight excluding hydrogens is 214 g/mol. The van der Waals surface area contributed by atoms with E-state index in [4.69, 9.17) is 5.11 Å². The second kappa shape index (κ2) is 4.04. The van der Waals surface area contributed by atoms with E-state index in [1.165, 1.54) is 0 Å². The van der Waals surface area contributed by atoms with E-state index in [-0.39, 0.29) is 11.9 Å². The molecule has 0 aromatic heterocycles. The zero-order chi connectivity index (χ0) is 10.9. The van der Waals surface area contributed by atoms with Crippen LogP contribution in [0.15, 0.2) is 0 Å². The quantitative estimate of drug-likeness (QED) is 0.704. The number of thioether (sulfide) groups is 1. The van der Waals surface area contributed by atoms with Crippen molar-refractivity contribution in [1.82, 2.24) is 5.32 Å². The summed E-state index contributed by atoms with van der Waals surface area (Å²) in [5, 5.41) is 11.9. The van der Waals surface area contributed by atoms with Crippen molar-refractivity contribution in [2.45, 2.75) is 31.7 Å². The van der Waals surface area contributed by atoms with E-state index in [1.54, 1.807) is 11.8 Å². The molecule has 5 heteroatoms. The van der Waals surface area contributed by atoms with Gasteiger partial charge in [-0.3, -0.25) is 9.59 Å². The Bertz CT molecular complexity index is 282. The molecule has 1 aliphatic heterocycles. The van der Waals surface area contributed by atoms with Crippen LogP contribution in [0.2, 0.25) is 0 Å². The molecule has 0 spiro atoms. The van der Waals surface area contributed by atoms with E-state index in [9.17, 15) is 9.59 Å². The Kier molecular flexibility index (Phi) is 2.91. The second-order valence-electron chi connectivity index (χ2n) is 4.27. The van der Waals surface area contributed by atoms with Crippen LogP contribution in [0.1, 0.15) is 25.7 Å². The third-order valence-corrected chi connectivity index (χ3v) is 4.48. The first-order chi connectivity index (χ1) is 7.15. The molecule has 2 rings (SSSR count). The first-order valence-electron chi connectivity index (χ1n) is 5.27. The fourth-order valence-electron chi connectivity index (χ4n) is 2.04. The smallest absolute Gasteiger partial charge is 0.319 e. The molecule has 15 heavy (non-hydrogen) atoms. The standard InChI is InChI=1S/C10H15NO3S/c12-8(11-7-2-5-15-6-7)10(9(13)14)3-1-4-10/h7H,1-6H2,(H,11,12)(H,13,14). The maximum atomic E-state index is 11.8. The van der Waals surface area contributed by atoms with Gasteiger partial charge in [-0.2, -0.15) is 11.8 Å². The molecule has 1 unspecified atom stereocenters. The van der Waals surface area contributed by atoms with Gasteiger partial charge < -0.3 is 10.4 Å². The molecule has 0 aromatic carbocycles. The number of carboxylic acids is 1. The number of hydrogen-bond acceptors (Lipinski definition) is 3. The third-order valence-electron chi connectivity index (χ3n) is 3.32. The summed E-state index contributed by atoms with van der Waals surface area (Å²) in [6, 6.07) is 0.180. The molecule has 1 saturated heterocycles. The van der Waals surface area contributed by atoms with Gasteiger partial charge in [0.05, 0.1) is 0 Å². The van der Waals surface area contributed by atoms with Crippen molar-refractivity contribution in [1.29, 1.82) is 0 Å². The van der Waals surface area contributed by atoms with E-state index >= 15 is 0 Å². The fourth-order valence-corrected chi connectivity index (χ4v) is 3.19. The summed E-state index contributed by atoms with van der Waals surface area (Å²) in [5.41, 5.74) is -1.10. The van der Waals surface area contributed by atoms with Gasteiger partial charge >= 0.3 is 5.97 Å². The number of carboxylic acid groups (broad SMARTS) is 1. The average molecular weight is 229 g/mol. The van der Waals surface area contributed by atoms with Gasteiger partial charge in [0.2, 0.25) is 5.91 Å². The molecule has 0 aromatic rings. The first-order valence-corrected chi connectivity index (χ1v) is 6.43. The Morgan fingerprint density at radius 3 is 2.53 bits per heavy atom. The van der Waals surface area contributed by atoms with E-state index in [2.05, 4.69) is 5.32 Å². The molecule has 1 atom stereocenters. The molecule has 0 radical (unpaired) electrons. The Morgan fingerprint density at radius 1 is 1.40 bits per heavy atom. The van der Waals surface area contributed by atoms with E-state index in [1.807, 2.05) is 0 Å². The van der Waals surface area contributed by atoms with Crippen LogP contribution in [0.5, 0.6) is 0 Å². The van der Waals surface area contributed by atoms with Crippen molar-refractivity contribution < 1.29 is 14.7 Å². The van der Waals surface area contributed by atoms with Gasteiger partial charge in [-0.05, 0) is 25.0 Å². The summed E-state index contributed by atoms with van der Waals surface area (Å²) in [6.45, 7) is 0. The lowest BCUT2D eigenvalue weighted by Gasteiger charge is -2.36. The fraction of sp³-hybridized carbons (Fsp3) is 0.800. The minimum absolute atomic E-state index is 0.180. The highest BCUT2D eigenvalue weighted by Gasteiger charge is 2.51. The van der Waals surface area contributed by atoms with Crippen molar-refractivity contribution in [3.8, 4) is 0 Å².